The SMILES string of the molecule is Cc1sc2c(c1Cc1ccccc1)CO[C@@H](C)c1nnc(C)n1-2. The molecule has 23 heavy (non-hydrogen) atoms. The lowest BCUT2D eigenvalue weighted by atomic mass is 10.0. The minimum Gasteiger partial charge on any atom is -0.366 e. The highest BCUT2D eigenvalue weighted by Gasteiger charge is 2.27. The maximum absolute atomic E-state index is 6.04. The Balaban J connectivity index is 1.85. The summed E-state index contributed by atoms with van der Waals surface area (Å²) < 4.78 is 8.21. The molecule has 4 nitrogen and oxygen atoms in total. The Labute approximate surface area is 139 Å². The quantitative estimate of drug-likeness (QED) is 0.711. The fraction of sp³-hybridized carbons (Fsp3) is 0.333. The second kappa shape index (κ2) is 5.58. The molecule has 1 atom stereocenters. The van der Waals surface area contributed by atoms with Crippen molar-refractivity contribution in [2.24, 2.45) is 0 Å². The second-order valence-corrected chi connectivity index (χ2v) is 7.18. The first-order chi connectivity index (χ1) is 11.1. The molecule has 4 rings (SSSR count). The smallest absolute Gasteiger partial charge is 0.167 e. The summed E-state index contributed by atoms with van der Waals surface area (Å²) in [6, 6.07) is 10.6. The van der Waals surface area contributed by atoms with Crippen LogP contribution in [0.5, 0.6) is 0 Å². The molecule has 0 fully saturated rings. The van der Waals surface area contributed by atoms with Gasteiger partial charge in [-0.25, -0.2) is 0 Å². The summed E-state index contributed by atoms with van der Waals surface area (Å²) in [6.07, 6.45) is 0.896. The molecule has 0 saturated carbocycles. The minimum absolute atomic E-state index is 0.0410. The van der Waals surface area contributed by atoms with Crippen LogP contribution in [0.1, 0.15) is 46.2 Å². The Morgan fingerprint density at radius 2 is 2.00 bits per heavy atom. The molecule has 0 amide bonds. The molecule has 0 unspecified atom stereocenters. The predicted octanol–water partition coefficient (Wildman–Crippen LogP) is 4.13. The molecule has 3 heterocycles. The maximum Gasteiger partial charge on any atom is 0.167 e. The second-order valence-electron chi connectivity index (χ2n) is 5.98. The number of hydrogen-bond acceptors (Lipinski definition) is 4. The lowest BCUT2D eigenvalue weighted by Gasteiger charge is -2.09. The van der Waals surface area contributed by atoms with Gasteiger partial charge in [-0.2, -0.15) is 0 Å². The van der Waals surface area contributed by atoms with Crippen molar-refractivity contribution in [2.75, 3.05) is 0 Å². The molecule has 3 aromatic rings. The van der Waals surface area contributed by atoms with Crippen molar-refractivity contribution in [2.45, 2.75) is 39.9 Å². The monoisotopic (exact) mass is 325 g/mol. The van der Waals surface area contributed by atoms with Crippen LogP contribution in [0, 0.1) is 13.8 Å². The van der Waals surface area contributed by atoms with Crippen molar-refractivity contribution in [3.8, 4) is 5.00 Å². The first kappa shape index (κ1) is 14.6. The maximum atomic E-state index is 6.04. The van der Waals surface area contributed by atoms with Gasteiger partial charge in [0.15, 0.2) is 5.82 Å². The molecule has 1 aromatic carbocycles. The summed E-state index contributed by atoms with van der Waals surface area (Å²) in [5, 5.41) is 9.78. The highest BCUT2D eigenvalue weighted by molar-refractivity contribution is 7.14. The number of benzene rings is 1. The largest absolute Gasteiger partial charge is 0.366 e. The van der Waals surface area contributed by atoms with E-state index in [4.69, 9.17) is 4.74 Å². The first-order valence-electron chi connectivity index (χ1n) is 7.84. The summed E-state index contributed by atoms with van der Waals surface area (Å²) in [6.45, 7) is 6.87. The van der Waals surface area contributed by atoms with Gasteiger partial charge in [-0.3, -0.25) is 4.57 Å². The van der Waals surface area contributed by atoms with E-state index in [2.05, 4.69) is 52.0 Å². The van der Waals surface area contributed by atoms with Gasteiger partial charge in [0.05, 0.1) is 6.61 Å². The van der Waals surface area contributed by atoms with Crippen LogP contribution in [-0.2, 0) is 17.8 Å². The van der Waals surface area contributed by atoms with Crippen molar-refractivity contribution in [1.82, 2.24) is 14.8 Å². The predicted molar refractivity (Wildman–Crippen MR) is 91.2 cm³/mol. The molecule has 0 bridgehead atoms. The van der Waals surface area contributed by atoms with Crippen molar-refractivity contribution in [1.29, 1.82) is 0 Å². The highest BCUT2D eigenvalue weighted by atomic mass is 32.1. The topological polar surface area (TPSA) is 39.9 Å². The van der Waals surface area contributed by atoms with Crippen LogP contribution >= 0.6 is 11.3 Å². The number of aromatic nitrogens is 3. The summed E-state index contributed by atoms with van der Waals surface area (Å²) in [7, 11) is 0. The number of thiophene rings is 1. The van der Waals surface area contributed by atoms with Crippen LogP contribution in [-0.4, -0.2) is 14.8 Å². The number of rotatable bonds is 2. The molecule has 1 aliphatic rings. The number of hydrogen-bond donors (Lipinski definition) is 0. The van der Waals surface area contributed by atoms with Crippen LogP contribution in [0.3, 0.4) is 0 Å². The van der Waals surface area contributed by atoms with Gasteiger partial charge in [-0.05, 0) is 38.3 Å². The van der Waals surface area contributed by atoms with E-state index >= 15 is 0 Å². The number of nitrogens with zero attached hydrogens (tertiary/aromatic N) is 3. The van der Waals surface area contributed by atoms with Gasteiger partial charge in [0, 0.05) is 10.4 Å². The molecule has 118 valence electrons. The average molecular weight is 325 g/mol. The molecule has 0 spiro atoms. The van der Waals surface area contributed by atoms with Gasteiger partial charge in [-0.15, -0.1) is 21.5 Å². The Morgan fingerprint density at radius 1 is 1.22 bits per heavy atom. The van der Waals surface area contributed by atoms with Gasteiger partial charge >= 0.3 is 0 Å². The van der Waals surface area contributed by atoms with E-state index < -0.39 is 0 Å². The van der Waals surface area contributed by atoms with Crippen molar-refractivity contribution < 1.29 is 4.74 Å². The summed E-state index contributed by atoms with van der Waals surface area (Å²) in [5.74, 6) is 1.82. The van der Waals surface area contributed by atoms with E-state index in [9.17, 15) is 0 Å². The number of aryl methyl sites for hydroxylation is 2. The fourth-order valence-corrected chi connectivity index (χ4v) is 4.38. The Hall–Kier alpha value is -1.98. The van der Waals surface area contributed by atoms with Crippen LogP contribution in [0.4, 0.5) is 0 Å². The molecule has 0 N–H and O–H groups in total. The van der Waals surface area contributed by atoms with Crippen LogP contribution < -0.4 is 0 Å². The molecule has 0 radical (unpaired) electrons. The standard InChI is InChI=1S/C18H19N3OS/c1-11-17-20-19-13(3)21(17)18-16(10-22-11)15(12(2)23-18)9-14-7-5-4-6-8-14/h4-8,11H,9-10H2,1-3H3/t11-/m0/s1. The van der Waals surface area contributed by atoms with E-state index in [1.165, 1.54) is 26.6 Å². The summed E-state index contributed by atoms with van der Waals surface area (Å²) in [4.78, 5) is 1.34. The van der Waals surface area contributed by atoms with Gasteiger partial charge in [0.25, 0.3) is 0 Å². The summed E-state index contributed by atoms with van der Waals surface area (Å²) >= 11 is 1.82. The molecule has 5 heteroatoms. The van der Waals surface area contributed by atoms with Gasteiger partial charge in [0.2, 0.25) is 0 Å². The lowest BCUT2D eigenvalue weighted by Crippen LogP contribution is -2.04. The molecular weight excluding hydrogens is 306 g/mol. The van der Waals surface area contributed by atoms with Gasteiger partial charge in [0.1, 0.15) is 16.9 Å². The van der Waals surface area contributed by atoms with Crippen molar-refractivity contribution in [3.05, 3.63) is 63.5 Å². The molecule has 0 saturated heterocycles. The average Bonchev–Trinajstić information content (AvgIpc) is 3.03. The minimum atomic E-state index is -0.0410. The highest BCUT2D eigenvalue weighted by Crippen LogP contribution is 2.38. The zero-order valence-corrected chi connectivity index (χ0v) is 14.4. The van der Waals surface area contributed by atoms with Crippen LogP contribution in [0.15, 0.2) is 30.3 Å². The Bertz CT molecular complexity index is 851. The third kappa shape index (κ3) is 2.40. The third-order valence-electron chi connectivity index (χ3n) is 4.42. The van der Waals surface area contributed by atoms with Crippen molar-refractivity contribution >= 4 is 11.3 Å². The van der Waals surface area contributed by atoms with E-state index in [0.717, 1.165) is 18.1 Å². The van der Waals surface area contributed by atoms with Crippen LogP contribution in [0.2, 0.25) is 0 Å². The Morgan fingerprint density at radius 3 is 2.78 bits per heavy atom. The zero-order valence-electron chi connectivity index (χ0n) is 13.5. The number of ether oxygens (including phenoxy) is 1. The van der Waals surface area contributed by atoms with E-state index in [1.54, 1.807) is 0 Å². The van der Waals surface area contributed by atoms with E-state index in [0.29, 0.717) is 6.61 Å². The normalized spacial score (nSPS) is 16.7. The third-order valence-corrected chi connectivity index (χ3v) is 5.59. The first-order valence-corrected chi connectivity index (χ1v) is 8.65. The fourth-order valence-electron chi connectivity index (χ4n) is 3.15. The number of fused-ring (bicyclic) bond motifs is 3. The molecular formula is C18H19N3OS. The molecule has 1 aliphatic heterocycles. The van der Waals surface area contributed by atoms with E-state index in [-0.39, 0.29) is 6.10 Å². The molecule has 2 aromatic heterocycles. The van der Waals surface area contributed by atoms with Gasteiger partial charge in [-0.1, -0.05) is 30.3 Å². The van der Waals surface area contributed by atoms with Crippen molar-refractivity contribution in [3.63, 3.8) is 0 Å². The molecule has 0 aliphatic carbocycles. The Kier molecular flexibility index (Phi) is 3.54. The zero-order chi connectivity index (χ0) is 16.0. The van der Waals surface area contributed by atoms with Gasteiger partial charge < -0.3 is 4.74 Å². The lowest BCUT2D eigenvalue weighted by molar-refractivity contribution is 0.0493. The van der Waals surface area contributed by atoms with E-state index in [1.807, 2.05) is 25.2 Å². The van der Waals surface area contributed by atoms with Crippen LogP contribution in [0.25, 0.3) is 5.00 Å². The summed E-state index contributed by atoms with van der Waals surface area (Å²) in [5.41, 5.74) is 3.99.